The Bertz CT molecular complexity index is 3030. The Labute approximate surface area is 358 Å². The fourth-order valence-electron chi connectivity index (χ4n) is 9.35. The number of phenols is 1. The van der Waals surface area contributed by atoms with E-state index in [1.165, 1.54) is 58.5 Å². The van der Waals surface area contributed by atoms with E-state index in [9.17, 15) is 28.7 Å². The van der Waals surface area contributed by atoms with Gasteiger partial charge in [0.25, 0.3) is 17.4 Å². The molecule has 1 saturated heterocycles. The summed E-state index contributed by atoms with van der Waals surface area (Å²) in [4.78, 5) is 77.1. The minimum atomic E-state index is -1.71. The molecule has 3 aliphatic rings. The van der Waals surface area contributed by atoms with E-state index in [0.717, 1.165) is 9.58 Å². The molecule has 4 heterocycles. The Kier molecular flexibility index (Phi) is 9.77. The number of rotatable bonds is 9. The van der Waals surface area contributed by atoms with Crippen LogP contribution in [0.4, 0.5) is 10.1 Å². The molecule has 0 bridgehead atoms. The number of nitrogens with zero attached hydrogens (tertiary/aromatic N) is 6. The molecule has 0 unspecified atom stereocenters. The zero-order valence-electron chi connectivity index (χ0n) is 32.8. The first kappa shape index (κ1) is 40.0. The predicted molar refractivity (Wildman–Crippen MR) is 226 cm³/mol. The van der Waals surface area contributed by atoms with Crippen molar-refractivity contribution in [3.05, 3.63) is 154 Å². The minimum absolute atomic E-state index is 0.0745. The topological polar surface area (TPSA) is 172 Å². The van der Waals surface area contributed by atoms with E-state index >= 15 is 4.79 Å². The highest BCUT2D eigenvalue weighted by Gasteiger charge is 2.69. The van der Waals surface area contributed by atoms with Crippen molar-refractivity contribution in [3.63, 3.8) is 0 Å². The molecule has 4 atom stereocenters. The number of allylic oxidation sites excluding steroid dienone is 2. The van der Waals surface area contributed by atoms with Crippen LogP contribution in [0.5, 0.6) is 17.2 Å². The van der Waals surface area contributed by atoms with Crippen LogP contribution in [0.15, 0.2) is 109 Å². The first-order chi connectivity index (χ1) is 29.3. The second-order valence-electron chi connectivity index (χ2n) is 15.1. The monoisotopic (exact) mass is 911 g/mol. The van der Waals surface area contributed by atoms with Crippen molar-refractivity contribution in [2.75, 3.05) is 19.6 Å². The van der Waals surface area contributed by atoms with E-state index in [0.29, 0.717) is 48.7 Å². The predicted octanol–water partition coefficient (Wildman–Crippen LogP) is 5.20. The number of aryl methyl sites for hydroxylation is 2. The number of aromatic hydroxyl groups is 1. The number of hydrogen-bond donors (Lipinski definition) is 2. The van der Waals surface area contributed by atoms with Crippen molar-refractivity contribution in [3.8, 4) is 17.2 Å². The van der Waals surface area contributed by atoms with E-state index < -0.39 is 57.9 Å². The first-order valence-corrected chi connectivity index (χ1v) is 20.3. The fraction of sp³-hybridized carbons (Fsp3) is 0.256. The van der Waals surface area contributed by atoms with Crippen LogP contribution in [-0.4, -0.2) is 59.6 Å². The number of methoxy groups -OCH3 is 2. The maximum Gasteiger partial charge on any atom is 0.347 e. The lowest BCUT2D eigenvalue weighted by Crippen LogP contribution is -2.53. The maximum atomic E-state index is 15.3. The molecule has 1 saturated carbocycles. The third kappa shape index (κ3) is 6.11. The number of phenolic OH excluding ortho intramolecular Hbond substituents is 1. The Morgan fingerprint density at radius 1 is 0.951 bits per heavy atom. The second kappa shape index (κ2) is 14.9. The average Bonchev–Trinajstić information content (AvgIpc) is 3.62. The molecule has 0 spiro atoms. The number of anilines is 1. The smallest absolute Gasteiger partial charge is 0.347 e. The van der Waals surface area contributed by atoms with Crippen molar-refractivity contribution in [2.24, 2.45) is 13.0 Å². The van der Waals surface area contributed by atoms with Crippen molar-refractivity contribution in [2.45, 2.75) is 43.3 Å². The summed E-state index contributed by atoms with van der Waals surface area (Å²) in [5.74, 6) is -3.38. The number of carbonyl (C=O) groups excluding carboxylic acids is 2. The van der Waals surface area contributed by atoms with E-state index in [1.54, 1.807) is 61.7 Å². The molecule has 9 rings (SSSR count). The van der Waals surface area contributed by atoms with Gasteiger partial charge in [0, 0.05) is 53.1 Å². The van der Waals surface area contributed by atoms with Gasteiger partial charge in [0.05, 0.1) is 54.9 Å². The van der Waals surface area contributed by atoms with Gasteiger partial charge in [-0.15, -0.1) is 0 Å². The van der Waals surface area contributed by atoms with Crippen LogP contribution >= 0.6 is 27.5 Å². The number of fused-ring (bicyclic) bond motifs is 5. The van der Waals surface area contributed by atoms with E-state index in [-0.39, 0.29) is 43.1 Å². The third-order valence-corrected chi connectivity index (χ3v) is 12.9. The molecule has 2 fully saturated rings. The highest BCUT2D eigenvalue weighted by molar-refractivity contribution is 9.10. The van der Waals surface area contributed by atoms with Gasteiger partial charge >= 0.3 is 11.4 Å². The molecular formula is C43H36BrClFN7O8. The van der Waals surface area contributed by atoms with Gasteiger partial charge in [-0.3, -0.25) is 19.8 Å². The lowest BCUT2D eigenvalue weighted by atomic mass is 9.53. The molecule has 18 heteroatoms. The van der Waals surface area contributed by atoms with E-state index in [4.69, 9.17) is 21.1 Å². The number of amides is 2. The molecule has 1 aliphatic carbocycles. The average molecular weight is 913 g/mol. The zero-order valence-corrected chi connectivity index (χ0v) is 35.1. The van der Waals surface area contributed by atoms with Crippen LogP contribution in [0.2, 0.25) is 5.02 Å². The van der Waals surface area contributed by atoms with Gasteiger partial charge in [-0.1, -0.05) is 45.7 Å². The van der Waals surface area contributed by atoms with Crippen molar-refractivity contribution in [1.82, 2.24) is 28.5 Å². The summed E-state index contributed by atoms with van der Waals surface area (Å²) < 4.78 is 30.4. The number of aromatic nitrogens is 5. The normalized spacial score (nSPS) is 20.6. The van der Waals surface area contributed by atoms with Gasteiger partial charge in [-0.2, -0.15) is 5.01 Å². The molecule has 0 radical (unpaired) electrons. The summed E-state index contributed by atoms with van der Waals surface area (Å²) in [5, 5.41) is 12.9. The summed E-state index contributed by atoms with van der Waals surface area (Å²) in [6.07, 6.45) is 1.59. The molecule has 2 N–H and O–H groups in total. The Morgan fingerprint density at radius 2 is 1.66 bits per heavy atom. The standard InChI is InChI=1S/C43H36BrClFN7O8/c1-49-33-21-36(61-3)35(60-2)20-31(33)47-30(39(49)56)15-16-50-41(58)51-17-14-27-32(53(51)42(50)59)19-29-38(55)52(48-26-11-9-25(46)10-12-26)40(57)43(29,22-4-7-24(45)8-5-22)37(27)28-18-23(44)6-13-34(28)54/h4-14,18,20-21,29,32,37,48,54H,15-17,19H2,1-3H3/t29-,32+,37+,43+/m0/s1. The number of hydrazine groups is 1. The fourth-order valence-corrected chi connectivity index (χ4v) is 9.85. The highest BCUT2D eigenvalue weighted by atomic mass is 79.9. The summed E-state index contributed by atoms with van der Waals surface area (Å²) in [6, 6.07) is 18.9. The molecular weight excluding hydrogens is 877 g/mol. The number of ether oxygens (including phenoxy) is 2. The maximum absolute atomic E-state index is 15.3. The molecule has 61 heavy (non-hydrogen) atoms. The van der Waals surface area contributed by atoms with Gasteiger partial charge in [0.2, 0.25) is 0 Å². The lowest BCUT2D eigenvalue weighted by molar-refractivity contribution is -0.138. The summed E-state index contributed by atoms with van der Waals surface area (Å²) in [6.45, 7) is -0.286. The van der Waals surface area contributed by atoms with Gasteiger partial charge in [-0.05, 0) is 72.2 Å². The van der Waals surface area contributed by atoms with Crippen LogP contribution in [0.25, 0.3) is 11.0 Å². The van der Waals surface area contributed by atoms with Gasteiger partial charge < -0.3 is 19.1 Å². The molecule has 4 aromatic carbocycles. The van der Waals surface area contributed by atoms with Crippen molar-refractivity contribution >= 4 is 56.1 Å². The Balaban J connectivity index is 1.17. The number of nitrogens with one attached hydrogen (secondary N) is 1. The Hall–Kier alpha value is -6.46. The first-order valence-electron chi connectivity index (χ1n) is 19.2. The number of benzene rings is 4. The van der Waals surface area contributed by atoms with Crippen LogP contribution in [0, 0.1) is 11.7 Å². The number of carbonyl (C=O) groups is 2. The molecule has 312 valence electrons. The van der Waals surface area contributed by atoms with Gasteiger partial charge in [0.15, 0.2) is 11.5 Å². The second-order valence-corrected chi connectivity index (χ2v) is 16.5. The molecule has 15 nitrogen and oxygen atoms in total. The lowest BCUT2D eigenvalue weighted by Gasteiger charge is -2.49. The molecule has 2 amide bonds. The van der Waals surface area contributed by atoms with Crippen LogP contribution < -0.4 is 31.8 Å². The summed E-state index contributed by atoms with van der Waals surface area (Å²) in [7, 11) is 4.55. The quantitative estimate of drug-likeness (QED) is 0.145. The van der Waals surface area contributed by atoms with Crippen molar-refractivity contribution in [1.29, 1.82) is 0 Å². The Morgan fingerprint density at radius 3 is 2.36 bits per heavy atom. The summed E-state index contributed by atoms with van der Waals surface area (Å²) in [5.41, 5.74) is 1.98. The summed E-state index contributed by atoms with van der Waals surface area (Å²) >= 11 is 9.89. The largest absolute Gasteiger partial charge is 0.508 e. The molecule has 2 aromatic heterocycles. The van der Waals surface area contributed by atoms with Gasteiger partial charge in [0.1, 0.15) is 17.3 Å². The van der Waals surface area contributed by atoms with Crippen LogP contribution in [0.1, 0.15) is 35.2 Å². The molecule has 6 aromatic rings. The zero-order chi connectivity index (χ0) is 43.1. The van der Waals surface area contributed by atoms with Crippen LogP contribution in [-0.2, 0) is 41.6 Å². The van der Waals surface area contributed by atoms with Crippen molar-refractivity contribution < 1.29 is 28.6 Å². The SMILES string of the molecule is COc1cc2nc(CCn3c(=O)n4n(c3=O)[C@@H]3C[C@H]5C(=O)N(Nc6ccc(F)cc6)C(=O)[C@@]5(c5ccc(Cl)cc5)[C@@H](c5cc(Br)ccc5O)C3=CC4)c(=O)n(C)c2cc1OC. The van der Waals surface area contributed by atoms with E-state index in [2.05, 4.69) is 26.3 Å². The molecule has 2 aliphatic heterocycles. The number of imide groups is 1. The minimum Gasteiger partial charge on any atom is -0.508 e. The van der Waals surface area contributed by atoms with E-state index in [1.807, 2.05) is 0 Å². The number of halogens is 3. The number of hydrogen-bond acceptors (Lipinski definition) is 10. The highest BCUT2D eigenvalue weighted by Crippen LogP contribution is 2.63. The van der Waals surface area contributed by atoms with Crippen LogP contribution in [0.3, 0.4) is 0 Å². The third-order valence-electron chi connectivity index (χ3n) is 12.1. The van der Waals surface area contributed by atoms with Gasteiger partial charge in [-0.25, -0.2) is 32.9 Å².